The lowest BCUT2D eigenvalue weighted by atomic mass is 10.1. The predicted octanol–water partition coefficient (Wildman–Crippen LogP) is 2.43. The Kier molecular flexibility index (Phi) is 4.84. The zero-order valence-corrected chi connectivity index (χ0v) is 11.2. The van der Waals surface area contributed by atoms with Gasteiger partial charge in [-0.25, -0.2) is 0 Å². The highest BCUT2D eigenvalue weighted by Crippen LogP contribution is 2.13. The summed E-state index contributed by atoms with van der Waals surface area (Å²) in [6.07, 6.45) is 0. The number of rotatable bonds is 4. The molecule has 1 aliphatic heterocycles. The molecule has 1 aromatic carbocycles. The fourth-order valence-corrected chi connectivity index (χ4v) is 2.69. The maximum Gasteiger partial charge on any atom is 0.0351 e. The van der Waals surface area contributed by atoms with E-state index in [1.807, 2.05) is 0 Å². The minimum Gasteiger partial charge on any atom is -0.299 e. The molecule has 2 nitrogen and oxygen atoms in total. The molecule has 0 spiro atoms. The molecule has 0 saturated carbocycles. The van der Waals surface area contributed by atoms with Gasteiger partial charge in [0, 0.05) is 44.6 Å². The summed E-state index contributed by atoms with van der Waals surface area (Å²) in [6.45, 7) is 7.82. The minimum absolute atomic E-state index is 0.618. The normalized spacial score (nSPS) is 22.8. The van der Waals surface area contributed by atoms with Crippen LogP contribution in [0, 0.1) is 0 Å². The zero-order valence-electron chi connectivity index (χ0n) is 10.5. The van der Waals surface area contributed by atoms with Gasteiger partial charge in [-0.3, -0.25) is 9.80 Å². The molecule has 1 aromatic rings. The molecule has 17 heavy (non-hydrogen) atoms. The third-order valence-electron chi connectivity index (χ3n) is 3.48. The summed E-state index contributed by atoms with van der Waals surface area (Å²) in [5.74, 6) is 0.741. The van der Waals surface area contributed by atoms with Crippen LogP contribution in [0.5, 0.6) is 0 Å². The standard InChI is InChI=1S/C14H21ClN2/c1-13-11-16(8-7-15)9-10-17(13)12-14-5-3-2-4-6-14/h2-6,13H,7-12H2,1H3. The molecule has 0 amide bonds. The van der Waals surface area contributed by atoms with E-state index in [1.54, 1.807) is 0 Å². The molecule has 1 fully saturated rings. The Morgan fingerprint density at radius 1 is 1.24 bits per heavy atom. The maximum atomic E-state index is 5.79. The molecule has 3 heteroatoms. The van der Waals surface area contributed by atoms with Crippen molar-refractivity contribution in [2.75, 3.05) is 32.1 Å². The number of nitrogens with zero attached hydrogens (tertiary/aromatic N) is 2. The molecule has 1 unspecified atom stereocenters. The summed E-state index contributed by atoms with van der Waals surface area (Å²) in [4.78, 5) is 5.01. The molecule has 0 N–H and O–H groups in total. The lowest BCUT2D eigenvalue weighted by Crippen LogP contribution is -2.51. The Balaban J connectivity index is 1.87. The quantitative estimate of drug-likeness (QED) is 0.760. The highest BCUT2D eigenvalue weighted by atomic mass is 35.5. The van der Waals surface area contributed by atoms with E-state index in [9.17, 15) is 0 Å². The Bertz CT molecular complexity index is 328. The number of halogens is 1. The smallest absolute Gasteiger partial charge is 0.0351 e. The summed E-state index contributed by atoms with van der Waals surface area (Å²) < 4.78 is 0. The molecule has 94 valence electrons. The van der Waals surface area contributed by atoms with Gasteiger partial charge in [-0.2, -0.15) is 0 Å². The van der Waals surface area contributed by atoms with Crippen LogP contribution in [0.2, 0.25) is 0 Å². The lowest BCUT2D eigenvalue weighted by Gasteiger charge is -2.39. The summed E-state index contributed by atoms with van der Waals surface area (Å²) in [5, 5.41) is 0. The van der Waals surface area contributed by atoms with E-state index < -0.39 is 0 Å². The molecule has 1 heterocycles. The van der Waals surface area contributed by atoms with Crippen molar-refractivity contribution in [3.8, 4) is 0 Å². The van der Waals surface area contributed by atoms with Gasteiger partial charge in [0.1, 0.15) is 0 Å². The highest BCUT2D eigenvalue weighted by molar-refractivity contribution is 6.18. The van der Waals surface area contributed by atoms with E-state index in [0.29, 0.717) is 6.04 Å². The van der Waals surface area contributed by atoms with Crippen LogP contribution < -0.4 is 0 Å². The van der Waals surface area contributed by atoms with Crippen LogP contribution in [-0.2, 0) is 6.54 Å². The van der Waals surface area contributed by atoms with Crippen molar-refractivity contribution in [1.29, 1.82) is 0 Å². The number of alkyl halides is 1. The molecule has 1 aliphatic rings. The van der Waals surface area contributed by atoms with Gasteiger partial charge >= 0.3 is 0 Å². The van der Waals surface area contributed by atoms with Crippen molar-refractivity contribution < 1.29 is 0 Å². The van der Waals surface area contributed by atoms with Gasteiger partial charge in [0.05, 0.1) is 0 Å². The largest absolute Gasteiger partial charge is 0.299 e. The summed E-state index contributed by atoms with van der Waals surface area (Å²) in [7, 11) is 0. The van der Waals surface area contributed by atoms with E-state index in [0.717, 1.165) is 38.6 Å². The lowest BCUT2D eigenvalue weighted by molar-refractivity contribution is 0.0817. The summed E-state index contributed by atoms with van der Waals surface area (Å²) in [6, 6.07) is 11.3. The highest BCUT2D eigenvalue weighted by Gasteiger charge is 2.22. The first-order valence-corrected chi connectivity index (χ1v) is 6.89. The van der Waals surface area contributed by atoms with Crippen LogP contribution in [-0.4, -0.2) is 47.9 Å². The first-order chi connectivity index (χ1) is 8.29. The van der Waals surface area contributed by atoms with Crippen LogP contribution in [0.3, 0.4) is 0 Å². The number of hydrogen-bond donors (Lipinski definition) is 0. The molecule has 2 rings (SSSR count). The third-order valence-corrected chi connectivity index (χ3v) is 3.65. The van der Waals surface area contributed by atoms with Gasteiger partial charge in [0.25, 0.3) is 0 Å². The minimum atomic E-state index is 0.618. The van der Waals surface area contributed by atoms with Gasteiger partial charge in [0.15, 0.2) is 0 Å². The van der Waals surface area contributed by atoms with Crippen LogP contribution in [0.25, 0.3) is 0 Å². The third kappa shape index (κ3) is 3.70. The second-order valence-electron chi connectivity index (χ2n) is 4.79. The van der Waals surface area contributed by atoms with Crippen LogP contribution in [0.1, 0.15) is 12.5 Å². The second-order valence-corrected chi connectivity index (χ2v) is 5.17. The first kappa shape index (κ1) is 12.9. The van der Waals surface area contributed by atoms with Crippen LogP contribution in [0.15, 0.2) is 30.3 Å². The molecule has 1 atom stereocenters. The second kappa shape index (κ2) is 6.39. The van der Waals surface area contributed by atoms with Crippen molar-refractivity contribution in [1.82, 2.24) is 9.80 Å². The van der Waals surface area contributed by atoms with Gasteiger partial charge in [-0.15, -0.1) is 11.6 Å². The van der Waals surface area contributed by atoms with Gasteiger partial charge < -0.3 is 0 Å². The van der Waals surface area contributed by atoms with Crippen molar-refractivity contribution in [2.24, 2.45) is 0 Å². The molecular formula is C14H21ClN2. The number of benzene rings is 1. The number of piperazine rings is 1. The molecule has 1 saturated heterocycles. The van der Waals surface area contributed by atoms with Crippen LogP contribution in [0.4, 0.5) is 0 Å². The average Bonchev–Trinajstić information content (AvgIpc) is 2.34. The molecule has 0 aliphatic carbocycles. The van der Waals surface area contributed by atoms with E-state index in [4.69, 9.17) is 11.6 Å². The Morgan fingerprint density at radius 3 is 2.65 bits per heavy atom. The molecule has 0 bridgehead atoms. The fourth-order valence-electron chi connectivity index (χ4n) is 2.45. The summed E-state index contributed by atoms with van der Waals surface area (Å²) >= 11 is 5.79. The first-order valence-electron chi connectivity index (χ1n) is 6.36. The maximum absolute atomic E-state index is 5.79. The van der Waals surface area contributed by atoms with Gasteiger partial charge in [-0.05, 0) is 12.5 Å². The monoisotopic (exact) mass is 252 g/mol. The van der Waals surface area contributed by atoms with Gasteiger partial charge in [0.2, 0.25) is 0 Å². The van der Waals surface area contributed by atoms with Crippen molar-refractivity contribution in [3.63, 3.8) is 0 Å². The molecular weight excluding hydrogens is 232 g/mol. The zero-order chi connectivity index (χ0) is 12.1. The van der Waals surface area contributed by atoms with Crippen LogP contribution >= 0.6 is 11.6 Å². The molecule has 0 radical (unpaired) electrons. The SMILES string of the molecule is CC1CN(CCCl)CCN1Cc1ccccc1. The van der Waals surface area contributed by atoms with E-state index in [-0.39, 0.29) is 0 Å². The average molecular weight is 253 g/mol. The topological polar surface area (TPSA) is 6.48 Å². The predicted molar refractivity (Wildman–Crippen MR) is 73.5 cm³/mol. The Morgan fingerprint density at radius 2 is 2.00 bits per heavy atom. The van der Waals surface area contributed by atoms with Crippen molar-refractivity contribution in [3.05, 3.63) is 35.9 Å². The Labute approximate surface area is 109 Å². The van der Waals surface area contributed by atoms with Crippen molar-refractivity contribution >= 4 is 11.6 Å². The number of hydrogen-bond acceptors (Lipinski definition) is 2. The van der Waals surface area contributed by atoms with Gasteiger partial charge in [-0.1, -0.05) is 30.3 Å². The molecule has 0 aromatic heterocycles. The van der Waals surface area contributed by atoms with Crippen molar-refractivity contribution in [2.45, 2.75) is 19.5 Å². The fraction of sp³-hybridized carbons (Fsp3) is 0.571. The van der Waals surface area contributed by atoms with E-state index in [1.165, 1.54) is 5.56 Å². The van der Waals surface area contributed by atoms with E-state index >= 15 is 0 Å². The van der Waals surface area contributed by atoms with E-state index in [2.05, 4.69) is 47.1 Å². The summed E-state index contributed by atoms with van der Waals surface area (Å²) in [5.41, 5.74) is 1.41. The Hall–Kier alpha value is -0.570.